The van der Waals surface area contributed by atoms with Gasteiger partial charge in [0.2, 0.25) is 0 Å². The Morgan fingerprint density at radius 2 is 2.25 bits per heavy atom. The minimum absolute atomic E-state index is 0.00672. The Labute approximate surface area is 118 Å². The van der Waals surface area contributed by atoms with Crippen LogP contribution in [0, 0.1) is 12.8 Å². The summed E-state index contributed by atoms with van der Waals surface area (Å²) in [4.78, 5) is 18.3. The van der Waals surface area contributed by atoms with Crippen molar-refractivity contribution in [1.82, 2.24) is 14.5 Å². The van der Waals surface area contributed by atoms with Gasteiger partial charge in [-0.15, -0.1) is 0 Å². The zero-order valence-electron chi connectivity index (χ0n) is 11.7. The van der Waals surface area contributed by atoms with Crippen LogP contribution < -0.4 is 0 Å². The Hall–Kier alpha value is -2.04. The molecule has 1 aliphatic heterocycles. The highest BCUT2D eigenvalue weighted by Crippen LogP contribution is 2.21. The Kier molecular flexibility index (Phi) is 3.58. The van der Waals surface area contributed by atoms with Crippen LogP contribution in [0.4, 0.5) is 0 Å². The molecule has 0 atom stereocenters. The van der Waals surface area contributed by atoms with E-state index in [1.54, 1.807) is 18.4 Å². The van der Waals surface area contributed by atoms with Crippen molar-refractivity contribution < 1.29 is 9.21 Å². The van der Waals surface area contributed by atoms with Crippen LogP contribution in [0.25, 0.3) is 0 Å². The number of imidazole rings is 1. The Morgan fingerprint density at radius 1 is 1.45 bits per heavy atom. The standard InChI is InChI=1S/C15H19N3O2/c1-12-16-6-9-18(12)11-13-4-7-17(8-5-13)15(19)14-3-2-10-20-14/h2-3,6,9-10,13H,4-5,7-8,11H2,1H3. The number of hydrogen-bond acceptors (Lipinski definition) is 3. The van der Waals surface area contributed by atoms with Gasteiger partial charge >= 0.3 is 0 Å². The molecule has 0 N–H and O–H groups in total. The molecular weight excluding hydrogens is 254 g/mol. The van der Waals surface area contributed by atoms with E-state index in [2.05, 4.69) is 9.55 Å². The van der Waals surface area contributed by atoms with E-state index in [4.69, 9.17) is 4.42 Å². The molecule has 5 nitrogen and oxygen atoms in total. The molecule has 5 heteroatoms. The van der Waals surface area contributed by atoms with Crippen molar-refractivity contribution >= 4 is 5.91 Å². The molecular formula is C15H19N3O2. The number of carbonyl (C=O) groups excluding carboxylic acids is 1. The van der Waals surface area contributed by atoms with Gasteiger partial charge in [-0.2, -0.15) is 0 Å². The highest BCUT2D eigenvalue weighted by Gasteiger charge is 2.25. The molecule has 0 aliphatic carbocycles. The summed E-state index contributed by atoms with van der Waals surface area (Å²) < 4.78 is 7.36. The van der Waals surface area contributed by atoms with E-state index in [0.717, 1.165) is 38.3 Å². The van der Waals surface area contributed by atoms with Crippen LogP contribution in [0.5, 0.6) is 0 Å². The van der Waals surface area contributed by atoms with E-state index in [1.807, 2.05) is 24.2 Å². The molecule has 1 fully saturated rings. The topological polar surface area (TPSA) is 51.3 Å². The zero-order valence-corrected chi connectivity index (χ0v) is 11.7. The molecule has 106 valence electrons. The van der Waals surface area contributed by atoms with Crippen molar-refractivity contribution in [3.63, 3.8) is 0 Å². The number of rotatable bonds is 3. The van der Waals surface area contributed by atoms with Crippen LogP contribution in [0.15, 0.2) is 35.2 Å². The summed E-state index contributed by atoms with van der Waals surface area (Å²) in [5.74, 6) is 2.11. The molecule has 0 aromatic carbocycles. The molecule has 0 bridgehead atoms. The first-order valence-electron chi connectivity index (χ1n) is 7.04. The lowest BCUT2D eigenvalue weighted by atomic mass is 9.96. The SMILES string of the molecule is Cc1nccn1CC1CCN(C(=O)c2ccco2)CC1. The monoisotopic (exact) mass is 273 g/mol. The number of amides is 1. The largest absolute Gasteiger partial charge is 0.459 e. The quantitative estimate of drug-likeness (QED) is 0.862. The highest BCUT2D eigenvalue weighted by atomic mass is 16.3. The average molecular weight is 273 g/mol. The number of aromatic nitrogens is 2. The fraction of sp³-hybridized carbons (Fsp3) is 0.467. The van der Waals surface area contributed by atoms with Crippen LogP contribution in [0.2, 0.25) is 0 Å². The molecule has 1 saturated heterocycles. The molecule has 3 rings (SSSR count). The smallest absolute Gasteiger partial charge is 0.289 e. The van der Waals surface area contributed by atoms with E-state index >= 15 is 0 Å². The molecule has 0 radical (unpaired) electrons. The third-order valence-electron chi connectivity index (χ3n) is 4.01. The number of carbonyl (C=O) groups is 1. The number of furan rings is 1. The van der Waals surface area contributed by atoms with Gasteiger partial charge in [0.15, 0.2) is 5.76 Å². The zero-order chi connectivity index (χ0) is 13.9. The normalized spacial score (nSPS) is 16.6. The molecule has 3 heterocycles. The van der Waals surface area contributed by atoms with E-state index in [0.29, 0.717) is 11.7 Å². The number of hydrogen-bond donors (Lipinski definition) is 0. The number of aryl methyl sites for hydroxylation is 1. The second-order valence-electron chi connectivity index (χ2n) is 5.34. The lowest BCUT2D eigenvalue weighted by Crippen LogP contribution is -2.39. The molecule has 1 amide bonds. The van der Waals surface area contributed by atoms with E-state index < -0.39 is 0 Å². The molecule has 0 saturated carbocycles. The maximum absolute atomic E-state index is 12.2. The summed E-state index contributed by atoms with van der Waals surface area (Å²) in [6, 6.07) is 3.48. The molecule has 0 spiro atoms. The molecule has 2 aromatic heterocycles. The van der Waals surface area contributed by atoms with Gasteiger partial charge in [-0.25, -0.2) is 4.98 Å². The van der Waals surface area contributed by atoms with Crippen LogP contribution in [-0.2, 0) is 6.54 Å². The fourth-order valence-corrected chi connectivity index (χ4v) is 2.75. The van der Waals surface area contributed by atoms with Gasteiger partial charge in [-0.3, -0.25) is 4.79 Å². The van der Waals surface area contributed by atoms with Gasteiger partial charge in [-0.05, 0) is 37.8 Å². The van der Waals surface area contributed by atoms with Crippen LogP contribution in [-0.4, -0.2) is 33.4 Å². The van der Waals surface area contributed by atoms with Crippen molar-refractivity contribution in [2.24, 2.45) is 5.92 Å². The van der Waals surface area contributed by atoms with E-state index in [1.165, 1.54) is 0 Å². The molecule has 0 unspecified atom stereocenters. The predicted molar refractivity (Wildman–Crippen MR) is 74.3 cm³/mol. The average Bonchev–Trinajstić information content (AvgIpc) is 3.12. The summed E-state index contributed by atoms with van der Waals surface area (Å²) in [6.07, 6.45) is 7.47. The summed E-state index contributed by atoms with van der Waals surface area (Å²) in [7, 11) is 0. The van der Waals surface area contributed by atoms with Crippen molar-refractivity contribution in [1.29, 1.82) is 0 Å². The minimum atomic E-state index is 0.00672. The maximum Gasteiger partial charge on any atom is 0.289 e. The van der Waals surface area contributed by atoms with Crippen LogP contribution >= 0.6 is 0 Å². The van der Waals surface area contributed by atoms with Gasteiger partial charge in [0.1, 0.15) is 5.82 Å². The number of nitrogens with zero attached hydrogens (tertiary/aromatic N) is 3. The lowest BCUT2D eigenvalue weighted by Gasteiger charge is -2.31. The van der Waals surface area contributed by atoms with Crippen LogP contribution in [0.3, 0.4) is 0 Å². The van der Waals surface area contributed by atoms with Crippen LogP contribution in [0.1, 0.15) is 29.2 Å². The van der Waals surface area contributed by atoms with Crippen molar-refractivity contribution in [2.45, 2.75) is 26.3 Å². The summed E-state index contributed by atoms with van der Waals surface area (Å²) in [5, 5.41) is 0. The third-order valence-corrected chi connectivity index (χ3v) is 4.01. The van der Waals surface area contributed by atoms with Gasteiger partial charge in [0.25, 0.3) is 5.91 Å². The maximum atomic E-state index is 12.2. The Morgan fingerprint density at radius 3 is 2.85 bits per heavy atom. The van der Waals surface area contributed by atoms with Gasteiger partial charge in [0.05, 0.1) is 6.26 Å². The fourth-order valence-electron chi connectivity index (χ4n) is 2.75. The highest BCUT2D eigenvalue weighted by molar-refractivity contribution is 5.91. The second-order valence-corrected chi connectivity index (χ2v) is 5.34. The van der Waals surface area contributed by atoms with Gasteiger partial charge in [0, 0.05) is 32.0 Å². The van der Waals surface area contributed by atoms with Gasteiger partial charge in [-0.1, -0.05) is 0 Å². The van der Waals surface area contributed by atoms with Crippen molar-refractivity contribution in [3.8, 4) is 0 Å². The van der Waals surface area contributed by atoms with Crippen molar-refractivity contribution in [2.75, 3.05) is 13.1 Å². The summed E-state index contributed by atoms with van der Waals surface area (Å²) in [5.41, 5.74) is 0. The van der Waals surface area contributed by atoms with Gasteiger partial charge < -0.3 is 13.9 Å². The first kappa shape index (κ1) is 13.0. The first-order valence-corrected chi connectivity index (χ1v) is 7.04. The molecule has 2 aromatic rings. The summed E-state index contributed by atoms with van der Waals surface area (Å²) >= 11 is 0. The minimum Gasteiger partial charge on any atom is -0.459 e. The van der Waals surface area contributed by atoms with E-state index in [9.17, 15) is 4.79 Å². The lowest BCUT2D eigenvalue weighted by molar-refractivity contribution is 0.0650. The Bertz CT molecular complexity index is 566. The second kappa shape index (κ2) is 5.53. The molecule has 1 aliphatic rings. The molecule has 20 heavy (non-hydrogen) atoms. The van der Waals surface area contributed by atoms with E-state index in [-0.39, 0.29) is 5.91 Å². The number of likely N-dealkylation sites (tertiary alicyclic amines) is 1. The third kappa shape index (κ3) is 2.61. The first-order chi connectivity index (χ1) is 9.74. The summed E-state index contributed by atoms with van der Waals surface area (Å²) in [6.45, 7) is 4.63. The number of piperidine rings is 1. The Balaban J connectivity index is 1.55. The van der Waals surface area contributed by atoms with Crippen molar-refractivity contribution in [3.05, 3.63) is 42.4 Å². The predicted octanol–water partition coefficient (Wildman–Crippen LogP) is 2.34.